The van der Waals surface area contributed by atoms with Gasteiger partial charge in [-0.25, -0.2) is 4.98 Å². The van der Waals surface area contributed by atoms with Gasteiger partial charge in [-0.1, -0.05) is 32.9 Å². The Morgan fingerprint density at radius 1 is 1.13 bits per heavy atom. The average molecular weight is 540 g/mol. The number of anilines is 1. The molecule has 3 fully saturated rings. The van der Waals surface area contributed by atoms with Gasteiger partial charge < -0.3 is 24.8 Å². The molecule has 204 valence electrons. The minimum absolute atomic E-state index is 0.0532. The van der Waals surface area contributed by atoms with E-state index < -0.39 is 12.1 Å². The third-order valence-corrected chi connectivity index (χ3v) is 8.43. The van der Waals surface area contributed by atoms with Crippen LogP contribution in [0, 0.1) is 5.41 Å². The van der Waals surface area contributed by atoms with E-state index in [9.17, 15) is 14.4 Å². The van der Waals surface area contributed by atoms with E-state index in [1.54, 1.807) is 28.4 Å². The maximum absolute atomic E-state index is 13.6. The van der Waals surface area contributed by atoms with E-state index in [0.717, 1.165) is 42.6 Å². The Hall–Kier alpha value is -2.82. The van der Waals surface area contributed by atoms with Crippen molar-refractivity contribution in [3.05, 3.63) is 35.2 Å². The van der Waals surface area contributed by atoms with Crippen LogP contribution in [0.15, 0.2) is 29.6 Å². The quantitative estimate of drug-likeness (QED) is 0.603. The van der Waals surface area contributed by atoms with Crippen LogP contribution >= 0.6 is 11.3 Å². The summed E-state index contributed by atoms with van der Waals surface area (Å²) >= 11 is 1.64. The van der Waals surface area contributed by atoms with Gasteiger partial charge in [0.15, 0.2) is 10.9 Å². The highest BCUT2D eigenvalue weighted by Crippen LogP contribution is 2.31. The number of hydrogen-bond acceptors (Lipinski definition) is 8. The second-order valence-electron chi connectivity index (χ2n) is 11.8. The van der Waals surface area contributed by atoms with Gasteiger partial charge in [0.2, 0.25) is 5.91 Å². The highest BCUT2D eigenvalue weighted by Gasteiger charge is 2.48. The fourth-order valence-electron chi connectivity index (χ4n) is 5.43. The molecule has 3 atom stereocenters. The SMILES string of the molecule is CN1CCN(c2nc(-c3ccc(C(=O)NC(CC(C)(C)C)C(=O)N4CC[C@H]5OCC(=O)[C@H]54)cc3)cs2)CC1. The number of carbonyl (C=O) groups is 3. The predicted molar refractivity (Wildman–Crippen MR) is 147 cm³/mol. The first-order chi connectivity index (χ1) is 18.1. The second-order valence-corrected chi connectivity index (χ2v) is 12.6. The van der Waals surface area contributed by atoms with Gasteiger partial charge in [0.05, 0.1) is 11.8 Å². The molecule has 0 radical (unpaired) electrons. The highest BCUT2D eigenvalue weighted by atomic mass is 32.1. The number of Topliss-reactive ketones (excluding diaryl/α,β-unsaturated/α-hetero) is 1. The van der Waals surface area contributed by atoms with E-state index in [4.69, 9.17) is 9.72 Å². The van der Waals surface area contributed by atoms with Crippen molar-refractivity contribution in [2.24, 2.45) is 5.41 Å². The molecule has 5 rings (SSSR count). The molecule has 1 aromatic carbocycles. The smallest absolute Gasteiger partial charge is 0.251 e. The van der Waals surface area contributed by atoms with E-state index in [-0.39, 0.29) is 35.7 Å². The van der Waals surface area contributed by atoms with Gasteiger partial charge in [0.25, 0.3) is 5.91 Å². The summed E-state index contributed by atoms with van der Waals surface area (Å²) in [5.74, 6) is -0.578. The molecule has 3 aliphatic heterocycles. The van der Waals surface area contributed by atoms with E-state index >= 15 is 0 Å². The van der Waals surface area contributed by atoms with Gasteiger partial charge in [-0.3, -0.25) is 14.4 Å². The molecule has 10 heteroatoms. The van der Waals surface area contributed by atoms with Gasteiger partial charge in [-0.2, -0.15) is 0 Å². The molecule has 2 aromatic rings. The van der Waals surface area contributed by atoms with Crippen LogP contribution in [0.5, 0.6) is 0 Å². The largest absolute Gasteiger partial charge is 0.368 e. The Balaban J connectivity index is 1.27. The normalized spacial score (nSPS) is 23.0. The number of aromatic nitrogens is 1. The van der Waals surface area contributed by atoms with Gasteiger partial charge in [-0.15, -0.1) is 11.3 Å². The number of nitrogens with one attached hydrogen (secondary N) is 1. The van der Waals surface area contributed by atoms with Crippen molar-refractivity contribution < 1.29 is 19.1 Å². The lowest BCUT2D eigenvalue weighted by Gasteiger charge is -2.32. The number of hydrogen-bond donors (Lipinski definition) is 1. The zero-order chi connectivity index (χ0) is 27.0. The lowest BCUT2D eigenvalue weighted by atomic mass is 9.87. The third-order valence-electron chi connectivity index (χ3n) is 7.52. The molecular weight excluding hydrogens is 502 g/mol. The topological polar surface area (TPSA) is 95.1 Å². The monoisotopic (exact) mass is 539 g/mol. The maximum Gasteiger partial charge on any atom is 0.251 e. The number of likely N-dealkylation sites (N-methyl/N-ethyl adjacent to an activating group) is 1. The molecule has 3 saturated heterocycles. The summed E-state index contributed by atoms with van der Waals surface area (Å²) in [6.07, 6.45) is 0.881. The van der Waals surface area contributed by atoms with Crippen molar-refractivity contribution in [2.45, 2.75) is 51.8 Å². The molecule has 4 heterocycles. The van der Waals surface area contributed by atoms with Gasteiger partial charge in [0, 0.05) is 49.2 Å². The second kappa shape index (κ2) is 10.7. The molecule has 38 heavy (non-hydrogen) atoms. The van der Waals surface area contributed by atoms with Crippen molar-refractivity contribution in [3.8, 4) is 11.3 Å². The Morgan fingerprint density at radius 3 is 2.53 bits per heavy atom. The molecule has 3 aliphatic rings. The summed E-state index contributed by atoms with van der Waals surface area (Å²) in [4.78, 5) is 50.2. The summed E-state index contributed by atoms with van der Waals surface area (Å²) in [5.41, 5.74) is 2.13. The summed E-state index contributed by atoms with van der Waals surface area (Å²) in [6, 6.07) is 6.10. The zero-order valence-electron chi connectivity index (χ0n) is 22.6. The Bertz CT molecular complexity index is 1180. The van der Waals surface area contributed by atoms with E-state index in [0.29, 0.717) is 24.9 Å². The molecule has 1 aromatic heterocycles. The molecular formula is C28H37N5O4S. The number of likely N-dealkylation sites (tertiary alicyclic amines) is 1. The highest BCUT2D eigenvalue weighted by molar-refractivity contribution is 7.14. The maximum atomic E-state index is 13.6. The van der Waals surface area contributed by atoms with Crippen molar-refractivity contribution >= 4 is 34.1 Å². The standard InChI is InChI=1S/C28H37N5O4S/c1-28(2,3)15-20(26(36)33-10-9-23-24(33)22(34)16-37-23)29-25(35)19-7-5-18(6-8-19)21-17-38-27(30-21)32-13-11-31(4)12-14-32/h5-8,17,20,23-24H,9-16H2,1-4H3,(H,29,35)/t20?,23-,24-/m1/s1. The first kappa shape index (κ1) is 26.8. The average Bonchev–Trinajstić information content (AvgIpc) is 3.61. The van der Waals surface area contributed by atoms with Crippen molar-refractivity contribution in [2.75, 3.05) is 51.3 Å². The number of nitrogens with zero attached hydrogens (tertiary/aromatic N) is 4. The predicted octanol–water partition coefficient (Wildman–Crippen LogP) is 2.67. The fraction of sp³-hybridized carbons (Fsp3) is 0.571. The van der Waals surface area contributed by atoms with Crippen LogP contribution in [-0.4, -0.2) is 96.9 Å². The Kier molecular flexibility index (Phi) is 7.57. The fourth-order valence-corrected chi connectivity index (χ4v) is 6.32. The lowest BCUT2D eigenvalue weighted by Crippen LogP contribution is -2.53. The zero-order valence-corrected chi connectivity index (χ0v) is 23.4. The molecule has 1 unspecified atom stereocenters. The first-order valence-electron chi connectivity index (χ1n) is 13.3. The Labute approximate surface area is 228 Å². The van der Waals surface area contributed by atoms with Crippen molar-refractivity contribution in [1.82, 2.24) is 20.1 Å². The molecule has 2 amide bonds. The van der Waals surface area contributed by atoms with Crippen LogP contribution in [0.2, 0.25) is 0 Å². The number of amides is 2. The van der Waals surface area contributed by atoms with Crippen LogP contribution in [0.3, 0.4) is 0 Å². The summed E-state index contributed by atoms with van der Waals surface area (Å²) < 4.78 is 5.55. The number of ketones is 1. The number of carbonyl (C=O) groups excluding carboxylic acids is 3. The van der Waals surface area contributed by atoms with Gasteiger partial charge >= 0.3 is 0 Å². The number of ether oxygens (including phenoxy) is 1. The van der Waals surface area contributed by atoms with Crippen molar-refractivity contribution in [1.29, 1.82) is 0 Å². The third kappa shape index (κ3) is 5.77. The first-order valence-corrected chi connectivity index (χ1v) is 14.2. The molecule has 9 nitrogen and oxygen atoms in total. The Morgan fingerprint density at radius 2 is 1.84 bits per heavy atom. The van der Waals surface area contributed by atoms with Crippen LogP contribution in [-0.2, 0) is 14.3 Å². The molecule has 0 spiro atoms. The van der Waals surface area contributed by atoms with Gasteiger partial charge in [-0.05, 0) is 37.4 Å². The van der Waals surface area contributed by atoms with Crippen molar-refractivity contribution in [3.63, 3.8) is 0 Å². The molecule has 0 saturated carbocycles. The minimum Gasteiger partial charge on any atom is -0.368 e. The van der Waals surface area contributed by atoms with Crippen LogP contribution in [0.1, 0.15) is 44.0 Å². The molecule has 0 bridgehead atoms. The number of piperazine rings is 1. The summed E-state index contributed by atoms with van der Waals surface area (Å²) in [6.45, 7) is 10.6. The van der Waals surface area contributed by atoms with Gasteiger partial charge in [0.1, 0.15) is 18.7 Å². The number of fused-ring (bicyclic) bond motifs is 1. The number of rotatable bonds is 6. The number of thiazole rings is 1. The summed E-state index contributed by atoms with van der Waals surface area (Å²) in [7, 11) is 2.14. The lowest BCUT2D eigenvalue weighted by molar-refractivity contribution is -0.138. The van der Waals surface area contributed by atoms with E-state index in [2.05, 4.69) is 27.5 Å². The van der Waals surface area contributed by atoms with Crippen LogP contribution in [0.4, 0.5) is 5.13 Å². The molecule has 1 N–H and O–H groups in total. The van der Waals surface area contributed by atoms with E-state index in [1.165, 1.54) is 0 Å². The van der Waals surface area contributed by atoms with Crippen LogP contribution in [0.25, 0.3) is 11.3 Å². The van der Waals surface area contributed by atoms with E-state index in [1.807, 2.05) is 32.9 Å². The molecule has 0 aliphatic carbocycles. The number of benzene rings is 1. The summed E-state index contributed by atoms with van der Waals surface area (Å²) in [5, 5.41) is 6.04. The minimum atomic E-state index is -0.723. The van der Waals surface area contributed by atoms with Crippen LogP contribution < -0.4 is 10.2 Å².